The van der Waals surface area contributed by atoms with Gasteiger partial charge in [-0.3, -0.25) is 0 Å². The van der Waals surface area contributed by atoms with Gasteiger partial charge >= 0.3 is 6.03 Å². The number of aryl methyl sites for hydroxylation is 1. The molecule has 0 aliphatic carbocycles. The topological polar surface area (TPSA) is 71.7 Å². The van der Waals surface area contributed by atoms with Gasteiger partial charge < -0.3 is 19.1 Å². The zero-order valence-corrected chi connectivity index (χ0v) is 18.0. The maximum atomic E-state index is 13.3. The molecule has 0 N–H and O–H groups in total. The molecule has 0 unspecified atom stereocenters. The van der Waals surface area contributed by atoms with Gasteiger partial charge in [-0.05, 0) is 49.6 Å². The summed E-state index contributed by atoms with van der Waals surface area (Å²) in [6.07, 6.45) is 2.89. The Morgan fingerprint density at radius 2 is 1.88 bits per heavy atom. The number of pyridine rings is 1. The second-order valence-electron chi connectivity index (χ2n) is 8.27. The molecule has 2 amide bonds. The number of nitrogens with zero attached hydrogens (tertiary/aromatic N) is 4. The first-order chi connectivity index (χ1) is 15.6. The lowest BCUT2D eigenvalue weighted by molar-refractivity contribution is 0.156. The minimum absolute atomic E-state index is 0.129. The molecule has 7 nitrogen and oxygen atoms in total. The van der Waals surface area contributed by atoms with Crippen molar-refractivity contribution < 1.29 is 18.4 Å². The SMILES string of the molecule is Cc1onc(-c2ccc(F)cc2)c1COc1ccc2c(n1)CCN(C(=O)N1CCCC1)C2. The fourth-order valence-corrected chi connectivity index (χ4v) is 4.29. The van der Waals surface area contributed by atoms with Crippen molar-refractivity contribution >= 4 is 6.03 Å². The molecule has 2 aliphatic heterocycles. The van der Waals surface area contributed by atoms with Crippen LogP contribution in [0.25, 0.3) is 11.3 Å². The normalized spacial score (nSPS) is 15.7. The van der Waals surface area contributed by atoms with Gasteiger partial charge in [0, 0.05) is 44.2 Å². The molecule has 2 aromatic heterocycles. The van der Waals surface area contributed by atoms with Crippen molar-refractivity contribution in [3.05, 3.63) is 64.8 Å². The highest BCUT2D eigenvalue weighted by Gasteiger charge is 2.27. The Labute approximate surface area is 185 Å². The fraction of sp³-hybridized carbons (Fsp3) is 0.375. The molecule has 8 heteroatoms. The summed E-state index contributed by atoms with van der Waals surface area (Å²) in [5.74, 6) is 0.873. The molecule has 0 saturated carbocycles. The lowest BCUT2D eigenvalue weighted by atomic mass is 10.1. The minimum Gasteiger partial charge on any atom is -0.473 e. The second-order valence-corrected chi connectivity index (χ2v) is 8.27. The summed E-state index contributed by atoms with van der Waals surface area (Å²) in [7, 11) is 0. The van der Waals surface area contributed by atoms with E-state index in [-0.39, 0.29) is 18.5 Å². The van der Waals surface area contributed by atoms with Crippen LogP contribution >= 0.6 is 0 Å². The van der Waals surface area contributed by atoms with E-state index in [0.29, 0.717) is 36.8 Å². The first kappa shape index (κ1) is 20.5. The van der Waals surface area contributed by atoms with Gasteiger partial charge in [-0.25, -0.2) is 14.2 Å². The number of likely N-dealkylation sites (tertiary alicyclic amines) is 1. The lowest BCUT2D eigenvalue weighted by Crippen LogP contribution is -2.44. The van der Waals surface area contributed by atoms with Crippen molar-refractivity contribution in [2.45, 2.75) is 39.3 Å². The van der Waals surface area contributed by atoms with E-state index in [9.17, 15) is 9.18 Å². The molecule has 1 aromatic carbocycles. The molecule has 0 spiro atoms. The predicted molar refractivity (Wildman–Crippen MR) is 116 cm³/mol. The van der Waals surface area contributed by atoms with E-state index in [0.717, 1.165) is 48.3 Å². The van der Waals surface area contributed by atoms with Crippen LogP contribution in [0.15, 0.2) is 40.9 Å². The van der Waals surface area contributed by atoms with E-state index in [1.54, 1.807) is 12.1 Å². The average Bonchev–Trinajstić information content (AvgIpc) is 3.47. The Bertz CT molecular complexity index is 1120. The Morgan fingerprint density at radius 1 is 1.09 bits per heavy atom. The third-order valence-corrected chi connectivity index (χ3v) is 6.14. The Hall–Kier alpha value is -3.42. The van der Waals surface area contributed by atoms with Gasteiger partial charge in [-0.15, -0.1) is 0 Å². The summed E-state index contributed by atoms with van der Waals surface area (Å²) < 4.78 is 24.6. The molecule has 2 aliphatic rings. The Kier molecular flexibility index (Phi) is 5.51. The molecular weight excluding hydrogens is 411 g/mol. The largest absolute Gasteiger partial charge is 0.473 e. The van der Waals surface area contributed by atoms with Crippen molar-refractivity contribution in [1.29, 1.82) is 0 Å². The van der Waals surface area contributed by atoms with Crippen LogP contribution in [0.5, 0.6) is 5.88 Å². The van der Waals surface area contributed by atoms with Crippen molar-refractivity contribution in [3.8, 4) is 17.1 Å². The molecule has 0 radical (unpaired) electrons. The number of ether oxygens (including phenoxy) is 1. The Morgan fingerprint density at radius 3 is 2.66 bits per heavy atom. The third-order valence-electron chi connectivity index (χ3n) is 6.14. The number of halogens is 1. The van der Waals surface area contributed by atoms with Crippen LogP contribution in [-0.2, 0) is 19.6 Å². The van der Waals surface area contributed by atoms with Crippen LogP contribution in [0.3, 0.4) is 0 Å². The van der Waals surface area contributed by atoms with Gasteiger partial charge in [0.25, 0.3) is 0 Å². The maximum absolute atomic E-state index is 13.3. The van der Waals surface area contributed by atoms with Crippen molar-refractivity contribution in [2.24, 2.45) is 0 Å². The maximum Gasteiger partial charge on any atom is 0.320 e. The molecule has 4 heterocycles. The lowest BCUT2D eigenvalue weighted by Gasteiger charge is -2.31. The van der Waals surface area contributed by atoms with Gasteiger partial charge in [-0.2, -0.15) is 0 Å². The second kappa shape index (κ2) is 8.61. The molecular formula is C24H25FN4O3. The van der Waals surface area contributed by atoms with E-state index < -0.39 is 0 Å². The van der Waals surface area contributed by atoms with Crippen LogP contribution in [0.4, 0.5) is 9.18 Å². The highest BCUT2D eigenvalue weighted by Crippen LogP contribution is 2.27. The van der Waals surface area contributed by atoms with Crippen LogP contribution in [-0.4, -0.2) is 45.6 Å². The number of hydrogen-bond acceptors (Lipinski definition) is 5. The highest BCUT2D eigenvalue weighted by molar-refractivity contribution is 5.75. The first-order valence-electron chi connectivity index (χ1n) is 10.9. The summed E-state index contributed by atoms with van der Waals surface area (Å²) in [6, 6.07) is 10.1. The standard InChI is InChI=1S/C24H25FN4O3/c1-16-20(23(27-32-16)17-4-7-19(25)8-5-17)15-31-22-9-6-18-14-29(13-10-21(18)26-22)24(30)28-11-2-3-12-28/h4-9H,2-3,10-15H2,1H3. The number of rotatable bonds is 4. The summed E-state index contributed by atoms with van der Waals surface area (Å²) in [5, 5.41) is 4.12. The van der Waals surface area contributed by atoms with Crippen LogP contribution in [0, 0.1) is 12.7 Å². The molecule has 1 saturated heterocycles. The van der Waals surface area contributed by atoms with E-state index in [2.05, 4.69) is 10.1 Å². The highest BCUT2D eigenvalue weighted by atomic mass is 19.1. The molecule has 5 rings (SSSR count). The summed E-state index contributed by atoms with van der Waals surface area (Å²) in [5.41, 5.74) is 4.23. The molecule has 32 heavy (non-hydrogen) atoms. The zero-order valence-electron chi connectivity index (χ0n) is 18.0. The number of benzene rings is 1. The van der Waals surface area contributed by atoms with E-state index in [1.165, 1.54) is 12.1 Å². The van der Waals surface area contributed by atoms with Crippen molar-refractivity contribution in [2.75, 3.05) is 19.6 Å². The molecule has 1 fully saturated rings. The summed E-state index contributed by atoms with van der Waals surface area (Å²) in [6.45, 7) is 5.03. The number of amides is 2. The van der Waals surface area contributed by atoms with Crippen LogP contribution < -0.4 is 4.74 Å². The van der Waals surface area contributed by atoms with E-state index in [4.69, 9.17) is 9.26 Å². The van der Waals surface area contributed by atoms with Crippen molar-refractivity contribution in [3.63, 3.8) is 0 Å². The quantitative estimate of drug-likeness (QED) is 0.609. The van der Waals surface area contributed by atoms with Gasteiger partial charge in [0.05, 0.1) is 11.3 Å². The van der Waals surface area contributed by atoms with Crippen LogP contribution in [0.2, 0.25) is 0 Å². The van der Waals surface area contributed by atoms with Gasteiger partial charge in [0.15, 0.2) is 0 Å². The number of hydrogen-bond donors (Lipinski definition) is 0. The molecule has 0 atom stereocenters. The molecule has 3 aromatic rings. The number of urea groups is 1. The Balaban J connectivity index is 1.27. The van der Waals surface area contributed by atoms with E-state index in [1.807, 2.05) is 28.9 Å². The van der Waals surface area contributed by atoms with Crippen LogP contribution in [0.1, 0.15) is 35.4 Å². The fourth-order valence-electron chi connectivity index (χ4n) is 4.29. The smallest absolute Gasteiger partial charge is 0.320 e. The summed E-state index contributed by atoms with van der Waals surface area (Å²) >= 11 is 0. The number of carbonyl (C=O) groups is 1. The van der Waals surface area contributed by atoms with Gasteiger partial charge in [-0.1, -0.05) is 11.2 Å². The monoisotopic (exact) mass is 436 g/mol. The summed E-state index contributed by atoms with van der Waals surface area (Å²) in [4.78, 5) is 21.2. The average molecular weight is 436 g/mol. The van der Waals surface area contributed by atoms with Gasteiger partial charge in [0.1, 0.15) is 23.9 Å². The van der Waals surface area contributed by atoms with Gasteiger partial charge in [0.2, 0.25) is 5.88 Å². The van der Waals surface area contributed by atoms with E-state index >= 15 is 0 Å². The molecule has 0 bridgehead atoms. The third kappa shape index (κ3) is 4.04. The van der Waals surface area contributed by atoms with Crippen molar-refractivity contribution in [1.82, 2.24) is 19.9 Å². The number of fused-ring (bicyclic) bond motifs is 1. The first-order valence-corrected chi connectivity index (χ1v) is 10.9. The molecule has 166 valence electrons. The zero-order chi connectivity index (χ0) is 22.1. The predicted octanol–water partition coefficient (Wildman–Crippen LogP) is 4.34. The number of aromatic nitrogens is 2. The minimum atomic E-state index is -0.300. The number of carbonyl (C=O) groups excluding carboxylic acids is 1.